The molecule has 1 unspecified atom stereocenters. The number of aromatic nitrogens is 2. The highest BCUT2D eigenvalue weighted by atomic mass is 19.1. The molecule has 0 bridgehead atoms. The average molecular weight is 329 g/mol. The monoisotopic (exact) mass is 329 g/mol. The molecule has 1 N–H and O–H groups in total. The first-order chi connectivity index (χ1) is 11.4. The molecule has 126 valence electrons. The number of amides is 1. The number of carbonyl (C=O) groups excluding carboxylic acids is 1. The lowest BCUT2D eigenvalue weighted by atomic mass is 9.88. The summed E-state index contributed by atoms with van der Waals surface area (Å²) in [4.78, 5) is 24.3. The smallest absolute Gasteiger partial charge is 0.267 e. The van der Waals surface area contributed by atoms with Gasteiger partial charge in [-0.25, -0.2) is 9.07 Å². The van der Waals surface area contributed by atoms with Gasteiger partial charge in [-0.3, -0.25) is 9.59 Å². The molecule has 24 heavy (non-hydrogen) atoms. The minimum Gasteiger partial charge on any atom is -0.324 e. The number of hydrogen-bond acceptors (Lipinski definition) is 3. The minimum absolute atomic E-state index is 0.155. The zero-order chi connectivity index (χ0) is 17.3. The second-order valence-corrected chi connectivity index (χ2v) is 6.47. The number of anilines is 1. The van der Waals surface area contributed by atoms with Crippen molar-refractivity contribution in [3.05, 3.63) is 57.3 Å². The third kappa shape index (κ3) is 3.53. The van der Waals surface area contributed by atoms with Gasteiger partial charge in [-0.2, -0.15) is 5.10 Å². The number of halogens is 1. The zero-order valence-electron chi connectivity index (χ0n) is 13.8. The molecule has 0 saturated heterocycles. The summed E-state index contributed by atoms with van der Waals surface area (Å²) in [6, 6.07) is 5.94. The molecule has 1 aliphatic rings. The van der Waals surface area contributed by atoms with Crippen LogP contribution in [0.25, 0.3) is 0 Å². The van der Waals surface area contributed by atoms with Gasteiger partial charge in [-0.05, 0) is 61.4 Å². The number of nitrogens with one attached hydrogen (secondary N) is 1. The first kappa shape index (κ1) is 16.4. The van der Waals surface area contributed by atoms with Crippen molar-refractivity contribution in [2.24, 2.45) is 5.92 Å². The molecule has 0 fully saturated rings. The van der Waals surface area contributed by atoms with Crippen LogP contribution in [-0.2, 0) is 24.2 Å². The first-order valence-electron chi connectivity index (χ1n) is 8.08. The Hall–Kier alpha value is -2.50. The first-order valence-corrected chi connectivity index (χ1v) is 8.08. The van der Waals surface area contributed by atoms with Gasteiger partial charge in [0.1, 0.15) is 12.4 Å². The van der Waals surface area contributed by atoms with Crippen LogP contribution in [0.5, 0.6) is 0 Å². The molecule has 5 nitrogen and oxygen atoms in total. The quantitative estimate of drug-likeness (QED) is 0.941. The average Bonchev–Trinajstić information content (AvgIpc) is 2.52. The van der Waals surface area contributed by atoms with E-state index < -0.39 is 0 Å². The van der Waals surface area contributed by atoms with Gasteiger partial charge >= 0.3 is 0 Å². The predicted molar refractivity (Wildman–Crippen MR) is 89.5 cm³/mol. The molecule has 3 rings (SSSR count). The number of carbonyl (C=O) groups is 1. The van der Waals surface area contributed by atoms with Gasteiger partial charge < -0.3 is 5.32 Å². The van der Waals surface area contributed by atoms with Crippen LogP contribution in [0.3, 0.4) is 0 Å². The molecule has 1 aromatic carbocycles. The Morgan fingerprint density at radius 1 is 1.42 bits per heavy atom. The summed E-state index contributed by atoms with van der Waals surface area (Å²) in [5.41, 5.74) is 2.57. The molecule has 0 radical (unpaired) electrons. The van der Waals surface area contributed by atoms with E-state index in [-0.39, 0.29) is 23.8 Å². The highest BCUT2D eigenvalue weighted by molar-refractivity contribution is 5.90. The number of aryl methyl sites for hydroxylation is 2. The Kier molecular flexibility index (Phi) is 4.46. The maximum Gasteiger partial charge on any atom is 0.267 e. The van der Waals surface area contributed by atoms with Gasteiger partial charge in [-0.15, -0.1) is 0 Å². The van der Waals surface area contributed by atoms with Crippen LogP contribution < -0.4 is 10.9 Å². The number of nitrogens with zero attached hydrogens (tertiary/aromatic N) is 2. The van der Waals surface area contributed by atoms with Crippen molar-refractivity contribution in [1.82, 2.24) is 9.78 Å². The molecule has 1 heterocycles. The van der Waals surface area contributed by atoms with Crippen LogP contribution in [0.1, 0.15) is 30.2 Å². The van der Waals surface area contributed by atoms with E-state index >= 15 is 0 Å². The van der Waals surface area contributed by atoms with Gasteiger partial charge in [0, 0.05) is 11.8 Å². The molecule has 2 aromatic rings. The summed E-state index contributed by atoms with van der Waals surface area (Å²) >= 11 is 0. The Balaban J connectivity index is 1.74. The molecule has 0 spiro atoms. The third-order valence-corrected chi connectivity index (χ3v) is 4.34. The lowest BCUT2D eigenvalue weighted by Gasteiger charge is -2.20. The highest BCUT2D eigenvalue weighted by Crippen LogP contribution is 2.22. The lowest BCUT2D eigenvalue weighted by molar-refractivity contribution is -0.117. The highest BCUT2D eigenvalue weighted by Gasteiger charge is 2.18. The van der Waals surface area contributed by atoms with Crippen LogP contribution in [0.15, 0.2) is 29.1 Å². The van der Waals surface area contributed by atoms with Crippen molar-refractivity contribution < 1.29 is 9.18 Å². The topological polar surface area (TPSA) is 64.0 Å². The van der Waals surface area contributed by atoms with Crippen LogP contribution >= 0.6 is 0 Å². The lowest BCUT2D eigenvalue weighted by Crippen LogP contribution is -2.32. The fourth-order valence-electron chi connectivity index (χ4n) is 2.99. The van der Waals surface area contributed by atoms with E-state index in [1.165, 1.54) is 16.8 Å². The van der Waals surface area contributed by atoms with Gasteiger partial charge in [0.25, 0.3) is 5.56 Å². The van der Waals surface area contributed by atoms with Crippen LogP contribution in [-0.4, -0.2) is 15.7 Å². The predicted octanol–water partition coefficient (Wildman–Crippen LogP) is 2.45. The standard InChI is InChI=1S/C18H20FN3O2/c1-11-3-6-16-13(7-11)9-18(24)22(21-16)10-17(23)20-14-4-5-15(19)12(2)8-14/h4-5,8-9,11H,3,6-7,10H2,1-2H3,(H,20,23). The normalized spacial score (nSPS) is 16.5. The number of fused-ring (bicyclic) bond motifs is 1. The summed E-state index contributed by atoms with van der Waals surface area (Å²) in [6.45, 7) is 3.63. The third-order valence-electron chi connectivity index (χ3n) is 4.34. The van der Waals surface area contributed by atoms with Crippen molar-refractivity contribution in [3.8, 4) is 0 Å². The second kappa shape index (κ2) is 6.55. The largest absolute Gasteiger partial charge is 0.324 e. The SMILES string of the molecule is Cc1cc(NC(=O)Cn2nc3c(cc2=O)CC(C)CC3)ccc1F. The number of benzene rings is 1. The van der Waals surface area contributed by atoms with E-state index in [1.807, 2.05) is 0 Å². The molecule has 1 amide bonds. The fraction of sp³-hybridized carbons (Fsp3) is 0.389. The molecule has 1 aromatic heterocycles. The van der Waals surface area contributed by atoms with Gasteiger partial charge in [-0.1, -0.05) is 6.92 Å². The fourth-order valence-corrected chi connectivity index (χ4v) is 2.99. The second-order valence-electron chi connectivity index (χ2n) is 6.47. The van der Waals surface area contributed by atoms with E-state index in [0.29, 0.717) is 17.2 Å². The molecule has 0 saturated carbocycles. The van der Waals surface area contributed by atoms with E-state index in [1.54, 1.807) is 19.1 Å². The summed E-state index contributed by atoms with van der Waals surface area (Å²) in [5, 5.41) is 7.01. The van der Waals surface area contributed by atoms with Gasteiger partial charge in [0.05, 0.1) is 5.69 Å². The maximum absolute atomic E-state index is 13.3. The molecular weight excluding hydrogens is 309 g/mol. The number of hydrogen-bond donors (Lipinski definition) is 1. The molecule has 0 aliphatic heterocycles. The van der Waals surface area contributed by atoms with Crippen LogP contribution in [0.2, 0.25) is 0 Å². The van der Waals surface area contributed by atoms with Crippen LogP contribution in [0, 0.1) is 18.7 Å². The van der Waals surface area contributed by atoms with Gasteiger partial charge in [0.15, 0.2) is 0 Å². The van der Waals surface area contributed by atoms with Crippen molar-refractivity contribution in [2.75, 3.05) is 5.32 Å². The minimum atomic E-state index is -0.361. The van der Waals surface area contributed by atoms with Crippen LogP contribution in [0.4, 0.5) is 10.1 Å². The van der Waals surface area contributed by atoms with Crippen molar-refractivity contribution >= 4 is 11.6 Å². The van der Waals surface area contributed by atoms with E-state index in [9.17, 15) is 14.0 Å². The maximum atomic E-state index is 13.3. The Labute approximate surface area is 139 Å². The van der Waals surface area contributed by atoms with Gasteiger partial charge in [0.2, 0.25) is 5.91 Å². The van der Waals surface area contributed by atoms with E-state index in [0.717, 1.165) is 30.5 Å². The van der Waals surface area contributed by atoms with E-state index in [2.05, 4.69) is 17.3 Å². The summed E-state index contributed by atoms with van der Waals surface area (Å²) in [5.74, 6) is -0.130. The van der Waals surface area contributed by atoms with E-state index in [4.69, 9.17) is 0 Å². The molecule has 6 heteroatoms. The Bertz CT molecular complexity index is 845. The van der Waals surface area contributed by atoms with Crippen molar-refractivity contribution in [2.45, 2.75) is 39.7 Å². The summed E-state index contributed by atoms with van der Waals surface area (Å²) in [7, 11) is 0. The zero-order valence-corrected chi connectivity index (χ0v) is 13.8. The Morgan fingerprint density at radius 2 is 2.21 bits per heavy atom. The molecule has 1 aliphatic carbocycles. The Morgan fingerprint density at radius 3 is 2.96 bits per heavy atom. The summed E-state index contributed by atoms with van der Waals surface area (Å²) < 4.78 is 14.5. The number of rotatable bonds is 3. The van der Waals surface area contributed by atoms with Crippen molar-refractivity contribution in [3.63, 3.8) is 0 Å². The molecule has 1 atom stereocenters. The summed E-state index contributed by atoms with van der Waals surface area (Å²) in [6.07, 6.45) is 2.73. The molecular formula is C18H20FN3O2. The van der Waals surface area contributed by atoms with Crippen molar-refractivity contribution in [1.29, 1.82) is 0 Å².